The van der Waals surface area contributed by atoms with Gasteiger partial charge in [0.2, 0.25) is 0 Å². The number of rotatable bonds is 3. The predicted octanol–water partition coefficient (Wildman–Crippen LogP) is 1.93. The van der Waals surface area contributed by atoms with E-state index in [-0.39, 0.29) is 23.6 Å². The molecule has 0 bridgehead atoms. The maximum Gasteiger partial charge on any atom is 0.148 e. The molecule has 1 fully saturated rings. The number of nitrogens with one attached hydrogen (secondary N) is 1. The average Bonchev–Trinajstić information content (AvgIpc) is 2.56. The summed E-state index contributed by atoms with van der Waals surface area (Å²) in [7, 11) is 0. The van der Waals surface area contributed by atoms with Gasteiger partial charge < -0.3 is 16.2 Å². The maximum atomic E-state index is 9.78. The molecule has 1 heterocycles. The molecule has 18 heavy (non-hydrogen) atoms. The van der Waals surface area contributed by atoms with Gasteiger partial charge in [-0.3, -0.25) is 0 Å². The van der Waals surface area contributed by atoms with Gasteiger partial charge in [0.05, 0.1) is 17.5 Å². The lowest BCUT2D eigenvalue weighted by Crippen LogP contribution is -2.57. The van der Waals surface area contributed by atoms with Gasteiger partial charge in [0.1, 0.15) is 5.82 Å². The van der Waals surface area contributed by atoms with Crippen LogP contribution in [-0.2, 0) is 0 Å². The number of aryl methyl sites for hydroxylation is 1. The van der Waals surface area contributed by atoms with Crippen LogP contribution in [0.4, 0.5) is 11.5 Å². The number of nitrogen functional groups attached to an aromatic ring is 1. The molecule has 0 radical (unpaired) electrons. The van der Waals surface area contributed by atoms with Crippen molar-refractivity contribution in [3.8, 4) is 0 Å². The fraction of sp³-hybridized carbons (Fsp3) is 0.769. The van der Waals surface area contributed by atoms with E-state index in [0.717, 1.165) is 17.9 Å². The van der Waals surface area contributed by atoms with E-state index < -0.39 is 0 Å². The molecule has 0 saturated heterocycles. The number of hydrogen-bond donors (Lipinski definition) is 3. The van der Waals surface area contributed by atoms with Crippen molar-refractivity contribution in [3.05, 3.63) is 5.69 Å². The first-order valence-electron chi connectivity index (χ1n) is 6.54. The summed E-state index contributed by atoms with van der Waals surface area (Å²) in [6.07, 6.45) is 0.516. The van der Waals surface area contributed by atoms with Crippen LogP contribution >= 0.6 is 0 Å². The number of nitrogens with zero attached hydrogens (tertiary/aromatic N) is 2. The molecule has 0 aliphatic heterocycles. The van der Waals surface area contributed by atoms with E-state index in [2.05, 4.69) is 38.1 Å². The SMILES string of the molecule is Cc1nn(C(C)C)c(NC2CC(O)C2(C)C)c1N. The quantitative estimate of drug-likeness (QED) is 0.768. The predicted molar refractivity (Wildman–Crippen MR) is 73.6 cm³/mol. The van der Waals surface area contributed by atoms with Crippen molar-refractivity contribution in [2.45, 2.75) is 59.2 Å². The Balaban J connectivity index is 2.25. The van der Waals surface area contributed by atoms with E-state index in [1.165, 1.54) is 0 Å². The molecule has 1 aliphatic rings. The van der Waals surface area contributed by atoms with E-state index >= 15 is 0 Å². The van der Waals surface area contributed by atoms with Gasteiger partial charge in [0.15, 0.2) is 0 Å². The Labute approximate surface area is 108 Å². The number of aromatic nitrogens is 2. The van der Waals surface area contributed by atoms with E-state index in [9.17, 15) is 5.11 Å². The third-order valence-electron chi connectivity index (χ3n) is 4.15. The van der Waals surface area contributed by atoms with Crippen LogP contribution in [0, 0.1) is 12.3 Å². The lowest BCUT2D eigenvalue weighted by Gasteiger charge is -2.49. The molecule has 2 rings (SSSR count). The molecule has 1 aliphatic carbocycles. The monoisotopic (exact) mass is 252 g/mol. The van der Waals surface area contributed by atoms with Gasteiger partial charge in [-0.15, -0.1) is 0 Å². The summed E-state index contributed by atoms with van der Waals surface area (Å²) in [5, 5.41) is 17.7. The smallest absolute Gasteiger partial charge is 0.148 e. The molecule has 5 heteroatoms. The van der Waals surface area contributed by atoms with Gasteiger partial charge in [-0.1, -0.05) is 13.8 Å². The van der Waals surface area contributed by atoms with Crippen molar-refractivity contribution >= 4 is 11.5 Å². The molecule has 4 N–H and O–H groups in total. The van der Waals surface area contributed by atoms with Crippen LogP contribution in [0.3, 0.4) is 0 Å². The lowest BCUT2D eigenvalue weighted by molar-refractivity contribution is -0.0512. The van der Waals surface area contributed by atoms with Gasteiger partial charge in [0, 0.05) is 17.5 Å². The third kappa shape index (κ3) is 1.86. The van der Waals surface area contributed by atoms with Crippen LogP contribution in [0.25, 0.3) is 0 Å². The Morgan fingerprint density at radius 3 is 2.56 bits per heavy atom. The Morgan fingerprint density at radius 1 is 1.50 bits per heavy atom. The van der Waals surface area contributed by atoms with Gasteiger partial charge in [0.25, 0.3) is 0 Å². The number of nitrogens with two attached hydrogens (primary N) is 1. The van der Waals surface area contributed by atoms with Crippen molar-refractivity contribution in [3.63, 3.8) is 0 Å². The summed E-state index contributed by atoms with van der Waals surface area (Å²) >= 11 is 0. The Kier molecular flexibility index (Phi) is 3.05. The van der Waals surface area contributed by atoms with Crippen LogP contribution in [0.5, 0.6) is 0 Å². The standard InChI is InChI=1S/C13H24N4O/c1-7(2)17-12(11(14)8(3)16-17)15-9-6-10(18)13(9,4)5/h7,9-10,15,18H,6,14H2,1-5H3. The van der Waals surface area contributed by atoms with Gasteiger partial charge >= 0.3 is 0 Å². The van der Waals surface area contributed by atoms with E-state index in [4.69, 9.17) is 5.73 Å². The molecular formula is C13H24N4O. The minimum absolute atomic E-state index is 0.119. The second-order valence-electron chi connectivity index (χ2n) is 6.16. The van der Waals surface area contributed by atoms with Crippen LogP contribution in [-0.4, -0.2) is 27.0 Å². The number of aliphatic hydroxyl groups is 1. The first-order chi connectivity index (χ1) is 8.25. The lowest BCUT2D eigenvalue weighted by atomic mass is 9.64. The van der Waals surface area contributed by atoms with Crippen LogP contribution in [0.15, 0.2) is 0 Å². The minimum Gasteiger partial charge on any atom is -0.394 e. The zero-order valence-electron chi connectivity index (χ0n) is 11.9. The second-order valence-corrected chi connectivity index (χ2v) is 6.16. The van der Waals surface area contributed by atoms with E-state index in [0.29, 0.717) is 5.69 Å². The summed E-state index contributed by atoms with van der Waals surface area (Å²) in [5.74, 6) is 0.882. The molecule has 1 aromatic heterocycles. The zero-order valence-corrected chi connectivity index (χ0v) is 11.9. The Morgan fingerprint density at radius 2 is 2.11 bits per heavy atom. The molecule has 2 atom stereocenters. The zero-order chi connectivity index (χ0) is 13.7. The number of aliphatic hydroxyl groups excluding tert-OH is 1. The van der Waals surface area contributed by atoms with Crippen molar-refractivity contribution < 1.29 is 5.11 Å². The Hall–Kier alpha value is -1.23. The van der Waals surface area contributed by atoms with Gasteiger partial charge in [-0.25, -0.2) is 4.68 Å². The fourth-order valence-corrected chi connectivity index (χ4v) is 2.39. The first-order valence-corrected chi connectivity index (χ1v) is 6.54. The number of anilines is 2. The maximum absolute atomic E-state index is 9.78. The molecule has 102 valence electrons. The molecule has 1 saturated carbocycles. The van der Waals surface area contributed by atoms with E-state index in [1.807, 2.05) is 11.6 Å². The first kappa shape index (κ1) is 13.2. The van der Waals surface area contributed by atoms with Crippen LogP contribution < -0.4 is 11.1 Å². The normalized spacial score (nSPS) is 26.2. The molecular weight excluding hydrogens is 228 g/mol. The summed E-state index contributed by atoms with van der Waals surface area (Å²) < 4.78 is 1.92. The van der Waals surface area contributed by atoms with Crippen LogP contribution in [0.1, 0.15) is 45.9 Å². The molecule has 5 nitrogen and oxygen atoms in total. The fourth-order valence-electron chi connectivity index (χ4n) is 2.39. The third-order valence-corrected chi connectivity index (χ3v) is 4.15. The van der Waals surface area contributed by atoms with Crippen molar-refractivity contribution in [1.29, 1.82) is 0 Å². The van der Waals surface area contributed by atoms with Gasteiger partial charge in [-0.05, 0) is 27.2 Å². The molecule has 0 aromatic carbocycles. The highest BCUT2D eigenvalue weighted by Crippen LogP contribution is 2.43. The second kappa shape index (κ2) is 4.16. The molecule has 0 amide bonds. The highest BCUT2D eigenvalue weighted by Gasteiger charge is 2.47. The van der Waals surface area contributed by atoms with Crippen LogP contribution in [0.2, 0.25) is 0 Å². The summed E-state index contributed by atoms with van der Waals surface area (Å²) in [4.78, 5) is 0. The highest BCUT2D eigenvalue weighted by molar-refractivity contribution is 5.65. The highest BCUT2D eigenvalue weighted by atomic mass is 16.3. The van der Waals surface area contributed by atoms with E-state index in [1.54, 1.807) is 0 Å². The minimum atomic E-state index is -0.243. The Bertz CT molecular complexity index is 450. The summed E-state index contributed by atoms with van der Waals surface area (Å²) in [5.41, 5.74) is 7.52. The number of hydrogen-bond acceptors (Lipinski definition) is 4. The average molecular weight is 252 g/mol. The van der Waals surface area contributed by atoms with Crippen molar-refractivity contribution in [2.24, 2.45) is 5.41 Å². The molecule has 1 aromatic rings. The van der Waals surface area contributed by atoms with Crippen molar-refractivity contribution in [1.82, 2.24) is 9.78 Å². The molecule has 0 spiro atoms. The summed E-state index contributed by atoms with van der Waals surface area (Å²) in [6.45, 7) is 10.2. The molecule has 2 unspecified atom stereocenters. The summed E-state index contributed by atoms with van der Waals surface area (Å²) in [6, 6.07) is 0.500. The topological polar surface area (TPSA) is 76.1 Å². The van der Waals surface area contributed by atoms with Crippen molar-refractivity contribution in [2.75, 3.05) is 11.1 Å². The van der Waals surface area contributed by atoms with Gasteiger partial charge in [-0.2, -0.15) is 5.10 Å². The largest absolute Gasteiger partial charge is 0.394 e.